The Bertz CT molecular complexity index is 406. The Morgan fingerprint density at radius 3 is 2.61 bits per heavy atom. The quantitative estimate of drug-likeness (QED) is 0.834. The van der Waals surface area contributed by atoms with Gasteiger partial charge in [-0.2, -0.15) is 0 Å². The number of nitrogens with one attached hydrogen (secondary N) is 1. The van der Waals surface area contributed by atoms with Crippen LogP contribution in [-0.4, -0.2) is 28.2 Å². The number of aliphatic carboxylic acids is 1. The van der Waals surface area contributed by atoms with Gasteiger partial charge in [0.25, 0.3) is 5.91 Å². The van der Waals surface area contributed by atoms with Gasteiger partial charge >= 0.3 is 5.97 Å². The van der Waals surface area contributed by atoms with E-state index in [9.17, 15) is 9.59 Å². The lowest BCUT2D eigenvalue weighted by atomic mass is 9.87. The lowest BCUT2D eigenvalue weighted by Gasteiger charge is -2.25. The highest BCUT2D eigenvalue weighted by atomic mass is 16.5. The lowest BCUT2D eigenvalue weighted by Crippen LogP contribution is -2.39. The molecular weight excluding hydrogens is 236 g/mol. The van der Waals surface area contributed by atoms with Crippen LogP contribution in [0.1, 0.15) is 44.1 Å². The van der Waals surface area contributed by atoms with Crippen molar-refractivity contribution in [1.82, 2.24) is 10.5 Å². The summed E-state index contributed by atoms with van der Waals surface area (Å²) < 4.78 is 4.57. The Morgan fingerprint density at radius 1 is 1.50 bits per heavy atom. The first-order valence-corrected chi connectivity index (χ1v) is 5.71. The van der Waals surface area contributed by atoms with E-state index in [1.54, 1.807) is 0 Å². The number of hydrogen-bond acceptors (Lipinski definition) is 4. The van der Waals surface area contributed by atoms with Crippen molar-refractivity contribution in [2.45, 2.75) is 39.7 Å². The van der Waals surface area contributed by atoms with Gasteiger partial charge in [-0.25, -0.2) is 0 Å². The van der Waals surface area contributed by atoms with E-state index in [4.69, 9.17) is 5.11 Å². The Balaban J connectivity index is 2.66. The first-order chi connectivity index (χ1) is 8.28. The Kier molecular flexibility index (Phi) is 4.47. The molecule has 0 aliphatic heterocycles. The summed E-state index contributed by atoms with van der Waals surface area (Å²) in [4.78, 5) is 22.5. The van der Waals surface area contributed by atoms with Crippen molar-refractivity contribution in [1.29, 1.82) is 0 Å². The van der Waals surface area contributed by atoms with Crippen LogP contribution in [0.5, 0.6) is 0 Å². The monoisotopic (exact) mass is 254 g/mol. The maximum Gasteiger partial charge on any atom is 0.305 e. The third-order valence-electron chi connectivity index (χ3n) is 2.29. The fourth-order valence-electron chi connectivity index (χ4n) is 1.71. The predicted octanol–water partition coefficient (Wildman–Crippen LogP) is 1.68. The zero-order valence-corrected chi connectivity index (χ0v) is 10.8. The molecule has 1 unspecified atom stereocenters. The van der Waals surface area contributed by atoms with Crippen LogP contribution in [0, 0.1) is 5.41 Å². The summed E-state index contributed by atoms with van der Waals surface area (Å²) in [5.41, 5.74) is 0.0799. The number of carboxylic acids is 1. The fourth-order valence-corrected chi connectivity index (χ4v) is 1.71. The third kappa shape index (κ3) is 4.99. The van der Waals surface area contributed by atoms with Crippen molar-refractivity contribution in [2.75, 3.05) is 0 Å². The van der Waals surface area contributed by atoms with E-state index in [2.05, 4.69) is 15.0 Å². The molecule has 0 spiro atoms. The molecule has 0 saturated carbocycles. The zero-order chi connectivity index (χ0) is 13.8. The van der Waals surface area contributed by atoms with Crippen molar-refractivity contribution in [3.05, 3.63) is 18.0 Å². The highest BCUT2D eigenvalue weighted by Crippen LogP contribution is 2.22. The van der Waals surface area contributed by atoms with Gasteiger partial charge in [0.1, 0.15) is 6.26 Å². The van der Waals surface area contributed by atoms with Crippen LogP contribution in [-0.2, 0) is 4.79 Å². The van der Waals surface area contributed by atoms with E-state index >= 15 is 0 Å². The Morgan fingerprint density at radius 2 is 2.17 bits per heavy atom. The number of amides is 1. The molecule has 1 rings (SSSR count). The number of carbonyl (C=O) groups is 2. The summed E-state index contributed by atoms with van der Waals surface area (Å²) in [6.45, 7) is 5.97. The second-order valence-electron chi connectivity index (χ2n) is 5.42. The van der Waals surface area contributed by atoms with Crippen molar-refractivity contribution < 1.29 is 19.2 Å². The molecule has 0 radical (unpaired) electrons. The molecule has 2 N–H and O–H groups in total. The average Bonchev–Trinajstić information content (AvgIpc) is 2.65. The highest BCUT2D eigenvalue weighted by molar-refractivity contribution is 5.92. The molecule has 1 atom stereocenters. The number of rotatable bonds is 5. The van der Waals surface area contributed by atoms with Crippen LogP contribution in [0.2, 0.25) is 0 Å². The highest BCUT2D eigenvalue weighted by Gasteiger charge is 2.23. The van der Waals surface area contributed by atoms with E-state index in [-0.39, 0.29) is 17.5 Å². The normalized spacial score (nSPS) is 13.1. The van der Waals surface area contributed by atoms with Crippen molar-refractivity contribution in [3.63, 3.8) is 0 Å². The van der Waals surface area contributed by atoms with E-state index in [1.807, 2.05) is 20.8 Å². The molecule has 0 aliphatic rings. The van der Waals surface area contributed by atoms with Crippen molar-refractivity contribution in [2.24, 2.45) is 5.41 Å². The minimum atomic E-state index is -0.940. The van der Waals surface area contributed by atoms with Gasteiger partial charge in [-0.3, -0.25) is 9.59 Å². The Labute approximate surface area is 105 Å². The summed E-state index contributed by atoms with van der Waals surface area (Å²) >= 11 is 0. The summed E-state index contributed by atoms with van der Waals surface area (Å²) in [5.74, 6) is -1.36. The fraction of sp³-hybridized carbons (Fsp3) is 0.583. The number of nitrogens with zero attached hydrogens (tertiary/aromatic N) is 1. The molecule has 100 valence electrons. The smallest absolute Gasteiger partial charge is 0.305 e. The molecule has 0 bridgehead atoms. The van der Waals surface area contributed by atoms with E-state index < -0.39 is 17.9 Å². The minimum absolute atomic E-state index is 0.0722. The van der Waals surface area contributed by atoms with Crippen LogP contribution in [0.3, 0.4) is 0 Å². The van der Waals surface area contributed by atoms with Crippen LogP contribution >= 0.6 is 0 Å². The van der Waals surface area contributed by atoms with Crippen molar-refractivity contribution in [3.8, 4) is 0 Å². The largest absolute Gasteiger partial charge is 0.481 e. The second-order valence-corrected chi connectivity index (χ2v) is 5.42. The predicted molar refractivity (Wildman–Crippen MR) is 64.1 cm³/mol. The van der Waals surface area contributed by atoms with Crippen LogP contribution < -0.4 is 5.32 Å². The van der Waals surface area contributed by atoms with Gasteiger partial charge in [0.05, 0.1) is 6.42 Å². The Hall–Kier alpha value is -1.85. The lowest BCUT2D eigenvalue weighted by molar-refractivity contribution is -0.137. The second kappa shape index (κ2) is 5.66. The van der Waals surface area contributed by atoms with Gasteiger partial charge in [-0.15, -0.1) is 0 Å². The molecule has 1 heterocycles. The van der Waals surface area contributed by atoms with Gasteiger partial charge in [0.2, 0.25) is 0 Å². The maximum absolute atomic E-state index is 11.8. The summed E-state index contributed by atoms with van der Waals surface area (Å²) in [5, 5.41) is 15.0. The number of aromatic nitrogens is 1. The van der Waals surface area contributed by atoms with Gasteiger partial charge < -0.3 is 14.9 Å². The minimum Gasteiger partial charge on any atom is -0.481 e. The number of hydrogen-bond donors (Lipinski definition) is 2. The first kappa shape index (κ1) is 14.2. The summed E-state index contributed by atoms with van der Waals surface area (Å²) in [6.07, 6.45) is 1.76. The van der Waals surface area contributed by atoms with Crippen LogP contribution in [0.4, 0.5) is 0 Å². The molecule has 18 heavy (non-hydrogen) atoms. The SMILES string of the molecule is CC(C)(C)CC(CC(=O)O)NC(=O)c1ccon1. The van der Waals surface area contributed by atoms with Gasteiger partial charge in [0.15, 0.2) is 5.69 Å². The van der Waals surface area contributed by atoms with E-state index in [0.717, 1.165) is 0 Å². The van der Waals surface area contributed by atoms with Gasteiger partial charge in [-0.1, -0.05) is 25.9 Å². The van der Waals surface area contributed by atoms with E-state index in [0.29, 0.717) is 6.42 Å². The molecule has 1 aromatic heterocycles. The number of carboxylic acid groups (broad SMARTS) is 1. The standard InChI is InChI=1S/C12H18N2O4/c1-12(2,3)7-8(6-10(15)16)13-11(17)9-4-5-18-14-9/h4-5,8H,6-7H2,1-3H3,(H,13,17)(H,15,16). The molecule has 0 aromatic carbocycles. The average molecular weight is 254 g/mol. The molecule has 6 nitrogen and oxygen atoms in total. The molecule has 0 aliphatic carbocycles. The molecule has 1 amide bonds. The zero-order valence-electron chi connectivity index (χ0n) is 10.8. The van der Waals surface area contributed by atoms with Crippen molar-refractivity contribution >= 4 is 11.9 Å². The molecule has 0 fully saturated rings. The van der Waals surface area contributed by atoms with Gasteiger partial charge in [-0.05, 0) is 11.8 Å². The maximum atomic E-state index is 11.8. The molecular formula is C12H18N2O4. The van der Waals surface area contributed by atoms with Crippen LogP contribution in [0.25, 0.3) is 0 Å². The topological polar surface area (TPSA) is 92.4 Å². The van der Waals surface area contributed by atoms with Gasteiger partial charge in [0, 0.05) is 12.1 Å². The molecule has 6 heteroatoms. The third-order valence-corrected chi connectivity index (χ3v) is 2.29. The summed E-state index contributed by atoms with van der Waals surface area (Å²) in [6, 6.07) is 1.01. The van der Waals surface area contributed by atoms with E-state index in [1.165, 1.54) is 12.3 Å². The van der Waals surface area contributed by atoms with Crippen LogP contribution in [0.15, 0.2) is 16.9 Å². The number of carbonyl (C=O) groups excluding carboxylic acids is 1. The first-order valence-electron chi connectivity index (χ1n) is 5.71. The molecule has 0 saturated heterocycles. The molecule has 1 aromatic rings. The summed E-state index contributed by atoms with van der Waals surface area (Å²) in [7, 11) is 0.